The van der Waals surface area contributed by atoms with Crippen molar-refractivity contribution >= 4 is 23.2 Å². The monoisotopic (exact) mass is 218 g/mol. The first-order chi connectivity index (χ1) is 6.13. The van der Waals surface area contributed by atoms with Crippen molar-refractivity contribution in [1.82, 2.24) is 4.98 Å². The normalized spacial score (nSPS) is 12.9. The van der Waals surface area contributed by atoms with Gasteiger partial charge in [-0.3, -0.25) is 4.98 Å². The highest BCUT2D eigenvalue weighted by molar-refractivity contribution is 6.34. The van der Waals surface area contributed by atoms with Crippen LogP contribution in [0.25, 0.3) is 0 Å². The van der Waals surface area contributed by atoms with Crippen LogP contribution >= 0.6 is 23.2 Å². The van der Waals surface area contributed by atoms with Crippen molar-refractivity contribution in [1.29, 1.82) is 0 Å². The number of rotatable bonds is 3. The second-order valence-corrected chi connectivity index (χ2v) is 3.80. The van der Waals surface area contributed by atoms with Crippen molar-refractivity contribution in [3.05, 3.63) is 28.0 Å². The molecule has 0 saturated carbocycles. The molecule has 0 aromatic carbocycles. The Morgan fingerprint density at radius 3 is 2.77 bits per heavy atom. The Morgan fingerprint density at radius 2 is 2.23 bits per heavy atom. The summed E-state index contributed by atoms with van der Waals surface area (Å²) in [5, 5.41) is 1.15. The lowest BCUT2D eigenvalue weighted by molar-refractivity contribution is 0.637. The summed E-state index contributed by atoms with van der Waals surface area (Å²) in [7, 11) is 0. The van der Waals surface area contributed by atoms with Crippen LogP contribution in [0.4, 0.5) is 0 Å². The number of aromatic nitrogens is 1. The molecule has 72 valence electrons. The molecule has 0 bridgehead atoms. The second kappa shape index (κ2) is 4.80. The Morgan fingerprint density at radius 1 is 1.54 bits per heavy atom. The predicted octanol–water partition coefficient (Wildman–Crippen LogP) is 2.67. The third-order valence-corrected chi connectivity index (χ3v) is 2.40. The lowest BCUT2D eigenvalue weighted by atomic mass is 10.1. The van der Waals surface area contributed by atoms with E-state index < -0.39 is 0 Å². The first-order valence-corrected chi connectivity index (χ1v) is 4.94. The molecular formula is C9H12Cl2N2. The van der Waals surface area contributed by atoms with Crippen molar-refractivity contribution in [3.63, 3.8) is 0 Å². The quantitative estimate of drug-likeness (QED) is 0.848. The molecule has 0 aliphatic carbocycles. The van der Waals surface area contributed by atoms with E-state index in [0.29, 0.717) is 16.5 Å². The summed E-state index contributed by atoms with van der Waals surface area (Å²) >= 11 is 11.6. The van der Waals surface area contributed by atoms with Gasteiger partial charge >= 0.3 is 0 Å². The maximum atomic E-state index is 5.93. The summed E-state index contributed by atoms with van der Waals surface area (Å²) in [5.74, 6) is 0. The van der Waals surface area contributed by atoms with Gasteiger partial charge in [0.25, 0.3) is 0 Å². The molecule has 0 spiro atoms. The minimum absolute atomic E-state index is 0.117. The highest BCUT2D eigenvalue weighted by Crippen LogP contribution is 2.19. The largest absolute Gasteiger partial charge is 0.327 e. The van der Waals surface area contributed by atoms with Gasteiger partial charge in [-0.1, -0.05) is 30.1 Å². The van der Waals surface area contributed by atoms with Gasteiger partial charge in [0.2, 0.25) is 0 Å². The van der Waals surface area contributed by atoms with Crippen molar-refractivity contribution in [3.8, 4) is 0 Å². The lowest BCUT2D eigenvalue weighted by Gasteiger charge is -2.08. The van der Waals surface area contributed by atoms with Crippen LogP contribution < -0.4 is 5.73 Å². The van der Waals surface area contributed by atoms with Crippen molar-refractivity contribution in [2.45, 2.75) is 25.8 Å². The third kappa shape index (κ3) is 3.14. The average Bonchev–Trinajstić information content (AvgIpc) is 2.09. The van der Waals surface area contributed by atoms with Crippen LogP contribution in [0.3, 0.4) is 0 Å². The Balaban J connectivity index is 2.77. The van der Waals surface area contributed by atoms with Gasteiger partial charge in [0, 0.05) is 18.7 Å². The number of nitrogens with two attached hydrogens (primary N) is 1. The molecule has 0 aliphatic rings. The van der Waals surface area contributed by atoms with Gasteiger partial charge in [-0.25, -0.2) is 0 Å². The lowest BCUT2D eigenvalue weighted by Crippen LogP contribution is -2.22. The zero-order valence-corrected chi connectivity index (χ0v) is 8.94. The van der Waals surface area contributed by atoms with Gasteiger partial charge in [-0.15, -0.1) is 0 Å². The van der Waals surface area contributed by atoms with Gasteiger partial charge in [0.15, 0.2) is 0 Å². The van der Waals surface area contributed by atoms with Crippen LogP contribution in [0, 0.1) is 0 Å². The first-order valence-electron chi connectivity index (χ1n) is 4.19. The zero-order valence-electron chi connectivity index (χ0n) is 7.43. The topological polar surface area (TPSA) is 38.9 Å². The van der Waals surface area contributed by atoms with Crippen molar-refractivity contribution < 1.29 is 0 Å². The molecule has 0 aliphatic heterocycles. The maximum Gasteiger partial charge on any atom is 0.0636 e. The summed E-state index contributed by atoms with van der Waals surface area (Å²) in [6, 6.07) is 1.81. The number of hydrogen-bond acceptors (Lipinski definition) is 2. The van der Waals surface area contributed by atoms with Gasteiger partial charge in [0.1, 0.15) is 0 Å². The van der Waals surface area contributed by atoms with Gasteiger partial charge < -0.3 is 5.73 Å². The molecule has 1 aromatic heterocycles. The minimum atomic E-state index is 0.117. The molecular weight excluding hydrogens is 207 g/mol. The molecule has 2 N–H and O–H groups in total. The van der Waals surface area contributed by atoms with Crippen LogP contribution in [-0.2, 0) is 6.42 Å². The van der Waals surface area contributed by atoms with Crippen LogP contribution in [0.5, 0.6) is 0 Å². The van der Waals surface area contributed by atoms with Crippen molar-refractivity contribution in [2.75, 3.05) is 0 Å². The number of nitrogens with zero attached hydrogens (tertiary/aromatic N) is 1. The molecule has 1 rings (SSSR count). The Hall–Kier alpha value is -0.310. The predicted molar refractivity (Wildman–Crippen MR) is 56.2 cm³/mol. The molecule has 1 heterocycles. The van der Waals surface area contributed by atoms with E-state index >= 15 is 0 Å². The third-order valence-electron chi connectivity index (χ3n) is 1.86. The Labute approximate surface area is 88.1 Å². The van der Waals surface area contributed by atoms with E-state index in [1.165, 1.54) is 0 Å². The first kappa shape index (κ1) is 10.8. The fraction of sp³-hybridized carbons (Fsp3) is 0.444. The molecule has 2 nitrogen and oxygen atoms in total. The molecule has 1 atom stereocenters. The minimum Gasteiger partial charge on any atom is -0.327 e. The van der Waals surface area contributed by atoms with E-state index in [1.54, 1.807) is 12.3 Å². The average molecular weight is 219 g/mol. The van der Waals surface area contributed by atoms with Crippen LogP contribution in [0.1, 0.15) is 19.0 Å². The Kier molecular flexibility index (Phi) is 3.97. The summed E-state index contributed by atoms with van der Waals surface area (Å²) in [4.78, 5) is 4.12. The van der Waals surface area contributed by atoms with Gasteiger partial charge in [-0.2, -0.15) is 0 Å². The fourth-order valence-corrected chi connectivity index (χ4v) is 1.44. The number of halogens is 2. The van der Waals surface area contributed by atoms with Gasteiger partial charge in [-0.05, 0) is 12.5 Å². The highest BCUT2D eigenvalue weighted by Gasteiger charge is 2.07. The fourth-order valence-electron chi connectivity index (χ4n) is 0.986. The van der Waals surface area contributed by atoms with Crippen molar-refractivity contribution in [2.24, 2.45) is 5.73 Å². The van der Waals surface area contributed by atoms with E-state index in [-0.39, 0.29) is 6.04 Å². The maximum absolute atomic E-state index is 5.93. The standard InChI is InChI=1S/C9H12Cl2N2/c1-2-7(12)4-9-8(11)3-6(10)5-13-9/h3,5,7H,2,4,12H2,1H3/t7-/m1/s1. The van der Waals surface area contributed by atoms with E-state index in [4.69, 9.17) is 28.9 Å². The molecule has 0 fully saturated rings. The summed E-state index contributed by atoms with van der Waals surface area (Å²) < 4.78 is 0. The summed E-state index contributed by atoms with van der Waals surface area (Å²) in [5.41, 5.74) is 6.60. The highest BCUT2D eigenvalue weighted by atomic mass is 35.5. The van der Waals surface area contributed by atoms with E-state index in [0.717, 1.165) is 12.1 Å². The summed E-state index contributed by atoms with van der Waals surface area (Å²) in [6.45, 7) is 2.04. The van der Waals surface area contributed by atoms with Crippen LogP contribution in [-0.4, -0.2) is 11.0 Å². The molecule has 1 aromatic rings. The molecule has 0 amide bonds. The molecule has 0 unspecified atom stereocenters. The molecule has 0 radical (unpaired) electrons. The SMILES string of the molecule is CC[C@@H](N)Cc1ncc(Cl)cc1Cl. The van der Waals surface area contributed by atoms with Gasteiger partial charge in [0.05, 0.1) is 15.7 Å². The number of hydrogen-bond donors (Lipinski definition) is 1. The zero-order chi connectivity index (χ0) is 9.84. The van der Waals surface area contributed by atoms with E-state index in [9.17, 15) is 0 Å². The van der Waals surface area contributed by atoms with Crippen LogP contribution in [0.15, 0.2) is 12.3 Å². The van der Waals surface area contributed by atoms with E-state index in [2.05, 4.69) is 4.98 Å². The molecule has 4 heteroatoms. The second-order valence-electron chi connectivity index (χ2n) is 2.95. The molecule has 13 heavy (non-hydrogen) atoms. The number of pyridine rings is 1. The summed E-state index contributed by atoms with van der Waals surface area (Å²) in [6.07, 6.45) is 3.21. The van der Waals surface area contributed by atoms with Crippen LogP contribution in [0.2, 0.25) is 10.0 Å². The van der Waals surface area contributed by atoms with E-state index in [1.807, 2.05) is 6.92 Å². The smallest absolute Gasteiger partial charge is 0.0636 e. The molecule has 0 saturated heterocycles. The Bertz CT molecular complexity index is 289.